The van der Waals surface area contributed by atoms with Gasteiger partial charge in [0.25, 0.3) is 5.91 Å². The zero-order valence-electron chi connectivity index (χ0n) is 14.9. The molecule has 0 atom stereocenters. The molecule has 4 nitrogen and oxygen atoms in total. The van der Waals surface area contributed by atoms with Crippen molar-refractivity contribution in [2.24, 2.45) is 0 Å². The second-order valence-corrected chi connectivity index (χ2v) is 7.35. The Bertz CT molecular complexity index is 904. The maximum atomic E-state index is 12.6. The molecule has 3 rings (SSSR count). The number of thioether (sulfide) groups is 1. The fourth-order valence-corrected chi connectivity index (χ4v) is 3.67. The van der Waals surface area contributed by atoms with Crippen LogP contribution >= 0.6 is 23.1 Å². The molecule has 0 aliphatic rings. The number of carbonyl (C=O) groups is 1. The first kappa shape index (κ1) is 18.5. The van der Waals surface area contributed by atoms with E-state index in [9.17, 15) is 4.79 Å². The van der Waals surface area contributed by atoms with E-state index in [-0.39, 0.29) is 5.91 Å². The molecule has 0 aliphatic carbocycles. The summed E-state index contributed by atoms with van der Waals surface area (Å²) in [6.07, 6.45) is 2.99. The van der Waals surface area contributed by atoms with Gasteiger partial charge in [-0.05, 0) is 36.4 Å². The van der Waals surface area contributed by atoms with Crippen LogP contribution in [0, 0.1) is 0 Å². The molecular weight excluding hydrogens is 364 g/mol. The van der Waals surface area contributed by atoms with Crippen molar-refractivity contribution >= 4 is 34.1 Å². The van der Waals surface area contributed by atoms with Gasteiger partial charge in [-0.25, -0.2) is 4.98 Å². The number of rotatable bonds is 6. The highest BCUT2D eigenvalue weighted by atomic mass is 32.2. The highest BCUT2D eigenvalue weighted by molar-refractivity contribution is 7.98. The zero-order valence-corrected chi connectivity index (χ0v) is 16.5. The molecule has 0 unspecified atom stereocenters. The summed E-state index contributed by atoms with van der Waals surface area (Å²) in [7, 11) is 1.57. The molecule has 1 N–H and O–H groups in total. The van der Waals surface area contributed by atoms with Gasteiger partial charge in [-0.1, -0.05) is 31.2 Å². The van der Waals surface area contributed by atoms with E-state index < -0.39 is 0 Å². The molecule has 26 heavy (non-hydrogen) atoms. The minimum Gasteiger partial charge on any atom is -0.496 e. The summed E-state index contributed by atoms with van der Waals surface area (Å²) in [5.74, 6) is 0.331. The predicted molar refractivity (Wildman–Crippen MR) is 110 cm³/mol. The van der Waals surface area contributed by atoms with Crippen LogP contribution in [0.25, 0.3) is 11.3 Å². The van der Waals surface area contributed by atoms with Gasteiger partial charge in [0.2, 0.25) is 0 Å². The number of nitrogens with zero attached hydrogens (tertiary/aromatic N) is 1. The van der Waals surface area contributed by atoms with E-state index in [4.69, 9.17) is 4.74 Å². The molecule has 0 saturated carbocycles. The fraction of sp³-hybridized carbons (Fsp3) is 0.200. The zero-order chi connectivity index (χ0) is 18.5. The molecule has 0 bridgehead atoms. The third-order valence-corrected chi connectivity index (χ3v) is 5.52. The van der Waals surface area contributed by atoms with Crippen LogP contribution in [-0.4, -0.2) is 24.3 Å². The van der Waals surface area contributed by atoms with Crippen LogP contribution in [0.3, 0.4) is 0 Å². The lowest BCUT2D eigenvalue weighted by Crippen LogP contribution is -2.13. The highest BCUT2D eigenvalue weighted by Crippen LogP contribution is 2.28. The molecule has 0 aliphatic heterocycles. The molecule has 134 valence electrons. The molecule has 1 heterocycles. The summed E-state index contributed by atoms with van der Waals surface area (Å²) in [6.45, 7) is 2.13. The van der Waals surface area contributed by atoms with Crippen LogP contribution in [0.1, 0.15) is 22.8 Å². The van der Waals surface area contributed by atoms with Crippen molar-refractivity contribution in [2.45, 2.75) is 18.2 Å². The molecular formula is C20H20N2O2S2. The van der Waals surface area contributed by atoms with Gasteiger partial charge >= 0.3 is 0 Å². The van der Waals surface area contributed by atoms with E-state index in [0.717, 1.165) is 22.6 Å². The van der Waals surface area contributed by atoms with Crippen LogP contribution in [-0.2, 0) is 6.42 Å². The monoisotopic (exact) mass is 384 g/mol. The average Bonchev–Trinajstić information content (AvgIpc) is 3.15. The second-order valence-electron chi connectivity index (χ2n) is 5.61. The number of hydrogen-bond acceptors (Lipinski definition) is 5. The molecule has 6 heteroatoms. The molecule has 1 amide bonds. The first-order valence-electron chi connectivity index (χ1n) is 8.22. The van der Waals surface area contributed by atoms with Crippen molar-refractivity contribution in [3.05, 3.63) is 59.0 Å². The maximum absolute atomic E-state index is 12.6. The van der Waals surface area contributed by atoms with Gasteiger partial charge in [-0.15, -0.1) is 23.1 Å². The van der Waals surface area contributed by atoms with Gasteiger partial charge in [-0.2, -0.15) is 0 Å². The number of hydrogen-bond donors (Lipinski definition) is 1. The van der Waals surface area contributed by atoms with Gasteiger partial charge < -0.3 is 4.74 Å². The third kappa shape index (κ3) is 4.08. The van der Waals surface area contributed by atoms with Crippen LogP contribution in [0.4, 0.5) is 5.13 Å². The van der Waals surface area contributed by atoms with Gasteiger partial charge in [0.1, 0.15) is 5.75 Å². The van der Waals surface area contributed by atoms with Crippen molar-refractivity contribution in [1.29, 1.82) is 0 Å². The Kier molecular flexibility index (Phi) is 5.96. The SMILES string of the molecule is CCc1ccc(-c2csc(NC(=O)c3ccc(SC)cc3OC)n2)cc1. The van der Waals surface area contributed by atoms with Crippen LogP contribution in [0.15, 0.2) is 52.7 Å². The van der Waals surface area contributed by atoms with E-state index in [1.807, 2.05) is 23.8 Å². The van der Waals surface area contributed by atoms with Crippen molar-refractivity contribution in [1.82, 2.24) is 4.98 Å². The van der Waals surface area contributed by atoms with E-state index in [0.29, 0.717) is 16.4 Å². The van der Waals surface area contributed by atoms with Gasteiger partial charge in [0, 0.05) is 15.8 Å². The molecule has 0 saturated heterocycles. The highest BCUT2D eigenvalue weighted by Gasteiger charge is 2.15. The Labute approximate surface area is 161 Å². The lowest BCUT2D eigenvalue weighted by molar-refractivity contribution is 0.102. The van der Waals surface area contributed by atoms with Crippen molar-refractivity contribution in [3.8, 4) is 17.0 Å². The van der Waals surface area contributed by atoms with Crippen LogP contribution in [0.2, 0.25) is 0 Å². The predicted octanol–water partition coefficient (Wildman–Crippen LogP) is 5.36. The Morgan fingerprint density at radius 3 is 2.65 bits per heavy atom. The summed E-state index contributed by atoms with van der Waals surface area (Å²) in [4.78, 5) is 18.2. The minimum atomic E-state index is -0.225. The normalized spacial score (nSPS) is 10.6. The molecule has 0 spiro atoms. The Morgan fingerprint density at radius 2 is 2.00 bits per heavy atom. The third-order valence-electron chi connectivity index (χ3n) is 4.04. The molecule has 2 aromatic carbocycles. The summed E-state index contributed by atoms with van der Waals surface area (Å²) in [6, 6.07) is 13.9. The number of aromatic nitrogens is 1. The lowest BCUT2D eigenvalue weighted by atomic mass is 10.1. The van der Waals surface area contributed by atoms with Crippen molar-refractivity contribution < 1.29 is 9.53 Å². The molecule has 1 aromatic heterocycles. The summed E-state index contributed by atoms with van der Waals surface area (Å²) in [5.41, 5.74) is 3.69. The first-order valence-corrected chi connectivity index (χ1v) is 10.3. The molecule has 0 fully saturated rings. The van der Waals surface area contributed by atoms with E-state index >= 15 is 0 Å². The van der Waals surface area contributed by atoms with Gasteiger partial charge in [0.05, 0.1) is 18.4 Å². The number of carbonyl (C=O) groups excluding carboxylic acids is 1. The largest absolute Gasteiger partial charge is 0.496 e. The second kappa shape index (κ2) is 8.38. The summed E-state index contributed by atoms with van der Waals surface area (Å²) < 4.78 is 5.35. The van der Waals surface area contributed by atoms with Crippen LogP contribution in [0.5, 0.6) is 5.75 Å². The Morgan fingerprint density at radius 1 is 1.23 bits per heavy atom. The van der Waals surface area contributed by atoms with E-state index in [1.54, 1.807) is 24.9 Å². The van der Waals surface area contributed by atoms with Crippen molar-refractivity contribution in [3.63, 3.8) is 0 Å². The number of thiazole rings is 1. The average molecular weight is 385 g/mol. The standard InChI is InChI=1S/C20H20N2O2S2/c1-4-13-5-7-14(8-6-13)17-12-26-20(21-17)22-19(23)16-10-9-15(25-3)11-18(16)24-2/h5-12H,4H2,1-3H3,(H,21,22,23). The van der Waals surface area contributed by atoms with E-state index in [1.165, 1.54) is 16.9 Å². The topological polar surface area (TPSA) is 51.2 Å². The lowest BCUT2D eigenvalue weighted by Gasteiger charge is -2.09. The number of ether oxygens (including phenoxy) is 1. The quantitative estimate of drug-likeness (QED) is 0.582. The smallest absolute Gasteiger partial charge is 0.261 e. The number of amides is 1. The molecule has 0 radical (unpaired) electrons. The maximum Gasteiger partial charge on any atom is 0.261 e. The molecule has 3 aromatic rings. The first-order chi connectivity index (χ1) is 12.6. The Hall–Kier alpha value is -2.31. The van der Waals surface area contributed by atoms with Crippen LogP contribution < -0.4 is 10.1 Å². The summed E-state index contributed by atoms with van der Waals surface area (Å²) >= 11 is 3.01. The van der Waals surface area contributed by atoms with Gasteiger partial charge in [-0.3, -0.25) is 10.1 Å². The minimum absolute atomic E-state index is 0.225. The number of anilines is 1. The van der Waals surface area contributed by atoms with Crippen molar-refractivity contribution in [2.75, 3.05) is 18.7 Å². The summed E-state index contributed by atoms with van der Waals surface area (Å²) in [5, 5.41) is 5.38. The number of nitrogens with one attached hydrogen (secondary N) is 1. The fourth-order valence-electron chi connectivity index (χ4n) is 2.53. The number of benzene rings is 2. The van der Waals surface area contributed by atoms with E-state index in [2.05, 4.69) is 41.5 Å². The Balaban J connectivity index is 1.77. The number of methoxy groups -OCH3 is 1. The van der Waals surface area contributed by atoms with Gasteiger partial charge in [0.15, 0.2) is 5.13 Å². The number of aryl methyl sites for hydroxylation is 1.